The maximum Gasteiger partial charge on any atom is 0.224 e. The van der Waals surface area contributed by atoms with E-state index in [1.807, 2.05) is 23.9 Å². The van der Waals surface area contributed by atoms with Crippen LogP contribution in [0, 0.1) is 5.41 Å². The first-order chi connectivity index (χ1) is 9.51. The van der Waals surface area contributed by atoms with Gasteiger partial charge in [-0.05, 0) is 35.3 Å². The minimum Gasteiger partial charge on any atom is -0.381 e. The van der Waals surface area contributed by atoms with E-state index in [1.165, 1.54) is 12.2 Å². The highest BCUT2D eigenvalue weighted by atomic mass is 32.2. The largest absolute Gasteiger partial charge is 0.381 e. The topological polar surface area (TPSA) is 41.1 Å². The van der Waals surface area contributed by atoms with Crippen molar-refractivity contribution >= 4 is 23.4 Å². The Balaban J connectivity index is 1.98. The van der Waals surface area contributed by atoms with Crippen molar-refractivity contribution < 1.29 is 4.79 Å². The van der Waals surface area contributed by atoms with Gasteiger partial charge in [0.05, 0.1) is 6.42 Å². The predicted molar refractivity (Wildman–Crippen MR) is 87.3 cm³/mol. The van der Waals surface area contributed by atoms with Gasteiger partial charge in [-0.3, -0.25) is 4.79 Å². The average molecular weight is 292 g/mol. The standard InChI is InChI=1S/C16H24N2OS/c1-16(2)8-9-20-11-14(16)18-13-6-4-12(5-7-13)10-15(19)17-3/h4-7,14,18H,8-11H2,1-3H3,(H,17,19). The zero-order valence-electron chi connectivity index (χ0n) is 12.5. The van der Waals surface area contributed by atoms with Gasteiger partial charge in [-0.15, -0.1) is 0 Å². The number of anilines is 1. The van der Waals surface area contributed by atoms with Gasteiger partial charge in [-0.1, -0.05) is 26.0 Å². The minimum absolute atomic E-state index is 0.0514. The van der Waals surface area contributed by atoms with Crippen LogP contribution in [0.3, 0.4) is 0 Å². The number of hydrogen-bond acceptors (Lipinski definition) is 3. The number of carbonyl (C=O) groups excluding carboxylic acids is 1. The summed E-state index contributed by atoms with van der Waals surface area (Å²) in [6.07, 6.45) is 1.70. The molecule has 0 saturated carbocycles. The van der Waals surface area contributed by atoms with E-state index >= 15 is 0 Å². The number of thioether (sulfide) groups is 1. The molecule has 0 bridgehead atoms. The average Bonchev–Trinajstić information content (AvgIpc) is 2.43. The van der Waals surface area contributed by atoms with Gasteiger partial charge in [-0.2, -0.15) is 11.8 Å². The molecule has 1 aliphatic rings. The third-order valence-electron chi connectivity index (χ3n) is 4.06. The first kappa shape index (κ1) is 15.2. The van der Waals surface area contributed by atoms with E-state index in [1.54, 1.807) is 7.05 Å². The van der Waals surface area contributed by atoms with Crippen LogP contribution in [0.1, 0.15) is 25.8 Å². The molecule has 110 valence electrons. The smallest absolute Gasteiger partial charge is 0.224 e. The normalized spacial score (nSPS) is 21.2. The van der Waals surface area contributed by atoms with E-state index in [4.69, 9.17) is 0 Å². The lowest BCUT2D eigenvalue weighted by atomic mass is 9.82. The second-order valence-electron chi connectivity index (χ2n) is 6.06. The molecule has 1 aliphatic heterocycles. The van der Waals surface area contributed by atoms with Crippen LogP contribution in [-0.2, 0) is 11.2 Å². The summed E-state index contributed by atoms with van der Waals surface area (Å²) in [5.74, 6) is 2.47. The second-order valence-corrected chi connectivity index (χ2v) is 7.21. The molecule has 1 amide bonds. The third-order valence-corrected chi connectivity index (χ3v) is 5.12. The number of hydrogen-bond donors (Lipinski definition) is 2. The summed E-state index contributed by atoms with van der Waals surface area (Å²) in [6, 6.07) is 8.72. The molecule has 1 atom stereocenters. The Hall–Kier alpha value is -1.16. The monoisotopic (exact) mass is 292 g/mol. The lowest BCUT2D eigenvalue weighted by molar-refractivity contribution is -0.119. The van der Waals surface area contributed by atoms with Crippen molar-refractivity contribution in [3.8, 4) is 0 Å². The van der Waals surface area contributed by atoms with Gasteiger partial charge >= 0.3 is 0 Å². The number of benzene rings is 1. The summed E-state index contributed by atoms with van der Waals surface area (Å²) >= 11 is 2.02. The molecule has 1 fully saturated rings. The van der Waals surface area contributed by atoms with Crippen LogP contribution >= 0.6 is 11.8 Å². The Labute approximate surface area is 125 Å². The fraction of sp³-hybridized carbons (Fsp3) is 0.562. The Morgan fingerprint density at radius 1 is 1.35 bits per heavy atom. The summed E-state index contributed by atoms with van der Waals surface area (Å²) in [4.78, 5) is 11.3. The van der Waals surface area contributed by atoms with E-state index in [0.717, 1.165) is 17.0 Å². The summed E-state index contributed by atoms with van der Waals surface area (Å²) in [7, 11) is 1.67. The van der Waals surface area contributed by atoms with Crippen LogP contribution in [-0.4, -0.2) is 30.5 Å². The van der Waals surface area contributed by atoms with Crippen LogP contribution in [0.4, 0.5) is 5.69 Å². The van der Waals surface area contributed by atoms with Crippen LogP contribution in [0.2, 0.25) is 0 Å². The number of rotatable bonds is 4. The van der Waals surface area contributed by atoms with E-state index < -0.39 is 0 Å². The molecular weight excluding hydrogens is 268 g/mol. The van der Waals surface area contributed by atoms with E-state index in [0.29, 0.717) is 17.9 Å². The van der Waals surface area contributed by atoms with E-state index in [-0.39, 0.29) is 5.91 Å². The van der Waals surface area contributed by atoms with Crippen molar-refractivity contribution in [1.82, 2.24) is 5.32 Å². The first-order valence-electron chi connectivity index (χ1n) is 7.15. The van der Waals surface area contributed by atoms with Crippen LogP contribution in [0.25, 0.3) is 0 Å². The van der Waals surface area contributed by atoms with Crippen LogP contribution < -0.4 is 10.6 Å². The maximum absolute atomic E-state index is 11.3. The fourth-order valence-corrected chi connectivity index (χ4v) is 3.97. The van der Waals surface area contributed by atoms with Crippen molar-refractivity contribution in [2.75, 3.05) is 23.9 Å². The molecule has 1 aromatic carbocycles. The molecule has 2 N–H and O–H groups in total. The molecular formula is C16H24N2OS. The molecule has 4 heteroatoms. The molecule has 1 heterocycles. The zero-order chi connectivity index (χ0) is 14.6. The summed E-state index contributed by atoms with van der Waals surface area (Å²) in [5, 5.41) is 6.29. The molecule has 0 spiro atoms. The number of amides is 1. The lowest BCUT2D eigenvalue weighted by Gasteiger charge is -2.39. The molecule has 0 aliphatic carbocycles. The highest BCUT2D eigenvalue weighted by Gasteiger charge is 2.32. The lowest BCUT2D eigenvalue weighted by Crippen LogP contribution is -2.41. The summed E-state index contributed by atoms with van der Waals surface area (Å²) < 4.78 is 0. The number of likely N-dealkylation sites (N-methyl/N-ethyl adjacent to an activating group) is 1. The predicted octanol–water partition coefficient (Wildman–Crippen LogP) is 2.92. The van der Waals surface area contributed by atoms with Crippen molar-refractivity contribution in [1.29, 1.82) is 0 Å². The number of nitrogens with one attached hydrogen (secondary N) is 2. The fourth-order valence-electron chi connectivity index (χ4n) is 2.37. The third kappa shape index (κ3) is 3.92. The van der Waals surface area contributed by atoms with Gasteiger partial charge in [0.1, 0.15) is 0 Å². The van der Waals surface area contributed by atoms with Crippen molar-refractivity contribution in [3.05, 3.63) is 29.8 Å². The summed E-state index contributed by atoms with van der Waals surface area (Å²) in [6.45, 7) is 4.68. The van der Waals surface area contributed by atoms with Gasteiger partial charge < -0.3 is 10.6 Å². The minimum atomic E-state index is 0.0514. The van der Waals surface area contributed by atoms with E-state index in [2.05, 4.69) is 36.6 Å². The van der Waals surface area contributed by atoms with Crippen molar-refractivity contribution in [2.24, 2.45) is 5.41 Å². The molecule has 0 aromatic heterocycles. The van der Waals surface area contributed by atoms with Gasteiger partial charge in [0.15, 0.2) is 0 Å². The van der Waals surface area contributed by atoms with E-state index in [9.17, 15) is 4.79 Å². The van der Waals surface area contributed by atoms with Gasteiger partial charge in [0.25, 0.3) is 0 Å². The van der Waals surface area contributed by atoms with Crippen LogP contribution in [0.15, 0.2) is 24.3 Å². The maximum atomic E-state index is 11.3. The molecule has 20 heavy (non-hydrogen) atoms. The van der Waals surface area contributed by atoms with Crippen molar-refractivity contribution in [2.45, 2.75) is 32.7 Å². The highest BCUT2D eigenvalue weighted by Crippen LogP contribution is 2.35. The SMILES string of the molecule is CNC(=O)Cc1ccc(NC2CSCCC2(C)C)cc1. The van der Waals surface area contributed by atoms with Crippen molar-refractivity contribution in [3.63, 3.8) is 0 Å². The molecule has 1 aromatic rings. The van der Waals surface area contributed by atoms with Gasteiger partial charge in [0.2, 0.25) is 5.91 Å². The van der Waals surface area contributed by atoms with Gasteiger partial charge in [-0.25, -0.2) is 0 Å². The molecule has 3 nitrogen and oxygen atoms in total. The second kappa shape index (κ2) is 6.53. The van der Waals surface area contributed by atoms with Gasteiger partial charge in [0, 0.05) is 24.5 Å². The quantitative estimate of drug-likeness (QED) is 0.896. The Morgan fingerprint density at radius 3 is 2.65 bits per heavy atom. The zero-order valence-corrected chi connectivity index (χ0v) is 13.3. The molecule has 1 saturated heterocycles. The molecule has 0 radical (unpaired) electrons. The Bertz CT molecular complexity index is 456. The number of carbonyl (C=O) groups is 1. The summed E-state index contributed by atoms with van der Waals surface area (Å²) in [5.41, 5.74) is 2.53. The molecule has 2 rings (SSSR count). The molecule has 1 unspecified atom stereocenters. The Morgan fingerprint density at radius 2 is 2.05 bits per heavy atom. The van der Waals surface area contributed by atoms with Crippen LogP contribution in [0.5, 0.6) is 0 Å². The highest BCUT2D eigenvalue weighted by molar-refractivity contribution is 7.99. The first-order valence-corrected chi connectivity index (χ1v) is 8.30. The Kier molecular flexibility index (Phi) is 4.97.